The molecule has 8 heteroatoms. The lowest BCUT2D eigenvalue weighted by Gasteiger charge is -2.28. The van der Waals surface area contributed by atoms with E-state index in [0.717, 1.165) is 5.56 Å². The maximum absolute atomic E-state index is 13.3. The molecule has 26 heavy (non-hydrogen) atoms. The Morgan fingerprint density at radius 3 is 2.58 bits per heavy atom. The summed E-state index contributed by atoms with van der Waals surface area (Å²) in [5, 5.41) is 2.75. The molecule has 1 N–H and O–H groups in total. The lowest BCUT2D eigenvalue weighted by molar-refractivity contribution is -0.121. The molecule has 1 aliphatic rings. The molecule has 3 rings (SSSR count). The Morgan fingerprint density at radius 2 is 1.92 bits per heavy atom. The van der Waals surface area contributed by atoms with E-state index in [1.165, 1.54) is 23.5 Å². The third kappa shape index (κ3) is 3.77. The number of nitrogens with one attached hydrogen (secondary N) is 1. The first kappa shape index (κ1) is 18.9. The maximum atomic E-state index is 13.3. The van der Waals surface area contributed by atoms with Crippen molar-refractivity contribution in [1.29, 1.82) is 0 Å². The summed E-state index contributed by atoms with van der Waals surface area (Å²) in [6.45, 7) is 0.482. The van der Waals surface area contributed by atoms with E-state index in [0.29, 0.717) is 10.2 Å². The molecule has 2 aromatic rings. The van der Waals surface area contributed by atoms with Crippen LogP contribution in [0.2, 0.25) is 0 Å². The van der Waals surface area contributed by atoms with Gasteiger partial charge in [0.25, 0.3) is 0 Å². The van der Waals surface area contributed by atoms with Gasteiger partial charge < -0.3 is 10.1 Å². The van der Waals surface area contributed by atoms with Gasteiger partial charge in [-0.05, 0) is 39.7 Å². The summed E-state index contributed by atoms with van der Waals surface area (Å²) >= 11 is 3.33. The van der Waals surface area contributed by atoms with Crippen molar-refractivity contribution in [2.24, 2.45) is 0 Å². The molecule has 0 radical (unpaired) electrons. The van der Waals surface area contributed by atoms with Crippen LogP contribution in [-0.2, 0) is 14.8 Å². The van der Waals surface area contributed by atoms with Crippen LogP contribution in [0, 0.1) is 0 Å². The average molecular weight is 439 g/mol. The summed E-state index contributed by atoms with van der Waals surface area (Å²) in [7, 11) is -2.28. The number of amides is 1. The van der Waals surface area contributed by atoms with Crippen LogP contribution in [0.1, 0.15) is 18.0 Å². The summed E-state index contributed by atoms with van der Waals surface area (Å²) in [6.07, 6.45) is 0.0839. The van der Waals surface area contributed by atoms with Crippen LogP contribution in [0.25, 0.3) is 0 Å². The van der Waals surface area contributed by atoms with Gasteiger partial charge in [-0.1, -0.05) is 30.3 Å². The molecule has 0 saturated carbocycles. The predicted molar refractivity (Wildman–Crippen MR) is 101 cm³/mol. The van der Waals surface area contributed by atoms with E-state index < -0.39 is 16.1 Å². The Labute approximate surface area is 161 Å². The van der Waals surface area contributed by atoms with Crippen LogP contribution in [0.15, 0.2) is 57.9 Å². The number of rotatable bonds is 4. The van der Waals surface area contributed by atoms with Crippen LogP contribution < -0.4 is 10.1 Å². The number of nitrogens with zero attached hydrogens (tertiary/aromatic N) is 1. The Kier molecular flexibility index (Phi) is 5.64. The molecule has 0 bridgehead atoms. The molecule has 0 spiro atoms. The second-order valence-corrected chi connectivity index (χ2v) is 8.64. The largest absolute Gasteiger partial charge is 0.496 e. The summed E-state index contributed by atoms with van der Waals surface area (Å²) < 4.78 is 33.7. The molecule has 1 amide bonds. The summed E-state index contributed by atoms with van der Waals surface area (Å²) in [5.41, 5.74) is 0.792. The summed E-state index contributed by atoms with van der Waals surface area (Å²) in [6, 6.07) is 13.3. The minimum Gasteiger partial charge on any atom is -0.496 e. The van der Waals surface area contributed by atoms with Gasteiger partial charge in [0.2, 0.25) is 15.9 Å². The molecule has 1 saturated heterocycles. The number of hydrogen-bond acceptors (Lipinski definition) is 4. The minimum absolute atomic E-state index is 0.0839. The highest BCUT2D eigenvalue weighted by Crippen LogP contribution is 2.34. The third-order valence-corrected chi connectivity index (χ3v) is 6.82. The number of benzene rings is 2. The Morgan fingerprint density at radius 1 is 1.19 bits per heavy atom. The molecule has 1 fully saturated rings. The first-order chi connectivity index (χ1) is 12.4. The Bertz CT molecular complexity index is 903. The molecule has 6 nitrogen and oxygen atoms in total. The second-order valence-electron chi connectivity index (χ2n) is 5.89. The van der Waals surface area contributed by atoms with Crippen molar-refractivity contribution in [3.8, 4) is 5.75 Å². The number of hydrogen-bond donors (Lipinski definition) is 1. The number of carbonyl (C=O) groups is 1. The van der Waals surface area contributed by atoms with Crippen LogP contribution >= 0.6 is 15.9 Å². The van der Waals surface area contributed by atoms with E-state index in [1.807, 2.05) is 30.3 Å². The molecular weight excluding hydrogens is 420 g/mol. The molecule has 0 aromatic heterocycles. The van der Waals surface area contributed by atoms with Gasteiger partial charge in [0.15, 0.2) is 0 Å². The highest BCUT2D eigenvalue weighted by atomic mass is 79.9. The van der Waals surface area contributed by atoms with E-state index in [-0.39, 0.29) is 30.3 Å². The van der Waals surface area contributed by atoms with E-state index in [4.69, 9.17) is 4.74 Å². The van der Waals surface area contributed by atoms with E-state index in [2.05, 4.69) is 21.2 Å². The standard InChI is InChI=1S/C18H19BrN2O4S/c1-25-17-8-7-14(11-15(17)19)26(23,24)21-10-9-20-18(22)12-16(21)13-5-3-2-4-6-13/h2-8,11,16H,9-10,12H2,1H3,(H,20,22)/t16-/m1/s1. The zero-order valence-electron chi connectivity index (χ0n) is 14.2. The summed E-state index contributed by atoms with van der Waals surface area (Å²) in [5.74, 6) is 0.392. The van der Waals surface area contributed by atoms with Crippen LogP contribution in [0.5, 0.6) is 5.75 Å². The maximum Gasteiger partial charge on any atom is 0.243 e. The molecule has 0 aliphatic carbocycles. The highest BCUT2D eigenvalue weighted by Gasteiger charge is 2.35. The van der Waals surface area contributed by atoms with Gasteiger partial charge >= 0.3 is 0 Å². The van der Waals surface area contributed by atoms with Crippen LogP contribution in [0.4, 0.5) is 0 Å². The molecule has 0 unspecified atom stereocenters. The second kappa shape index (κ2) is 7.77. The Hall–Kier alpha value is -1.90. The zero-order chi connectivity index (χ0) is 18.7. The fourth-order valence-corrected chi connectivity index (χ4v) is 5.33. The number of methoxy groups -OCH3 is 1. The van der Waals surface area contributed by atoms with Gasteiger partial charge in [-0.3, -0.25) is 4.79 Å². The molecule has 1 atom stereocenters. The topological polar surface area (TPSA) is 75.7 Å². The monoisotopic (exact) mass is 438 g/mol. The van der Waals surface area contributed by atoms with Gasteiger partial charge in [-0.15, -0.1) is 0 Å². The fraction of sp³-hybridized carbons (Fsp3) is 0.278. The summed E-state index contributed by atoms with van der Waals surface area (Å²) in [4.78, 5) is 12.2. The predicted octanol–water partition coefficient (Wildman–Crippen LogP) is 2.71. The zero-order valence-corrected chi connectivity index (χ0v) is 16.6. The molecule has 138 valence electrons. The van der Waals surface area contributed by atoms with Gasteiger partial charge in [0.1, 0.15) is 5.75 Å². The van der Waals surface area contributed by atoms with Crippen molar-refractivity contribution < 1.29 is 17.9 Å². The molecule has 1 aliphatic heterocycles. The fourth-order valence-electron chi connectivity index (χ4n) is 3.00. The van der Waals surface area contributed by atoms with E-state index in [9.17, 15) is 13.2 Å². The number of ether oxygens (including phenoxy) is 1. The lowest BCUT2D eigenvalue weighted by Crippen LogP contribution is -2.36. The van der Waals surface area contributed by atoms with E-state index >= 15 is 0 Å². The smallest absolute Gasteiger partial charge is 0.243 e. The average Bonchev–Trinajstić information content (AvgIpc) is 2.84. The van der Waals surface area contributed by atoms with Crippen molar-refractivity contribution in [3.05, 3.63) is 58.6 Å². The van der Waals surface area contributed by atoms with Crippen molar-refractivity contribution in [3.63, 3.8) is 0 Å². The molecular formula is C18H19BrN2O4S. The van der Waals surface area contributed by atoms with E-state index in [1.54, 1.807) is 6.07 Å². The quantitative estimate of drug-likeness (QED) is 0.795. The first-order valence-electron chi connectivity index (χ1n) is 8.10. The van der Waals surface area contributed by atoms with Crippen molar-refractivity contribution >= 4 is 31.9 Å². The number of carbonyl (C=O) groups excluding carboxylic acids is 1. The van der Waals surface area contributed by atoms with Gasteiger partial charge in [-0.25, -0.2) is 8.42 Å². The van der Waals surface area contributed by atoms with Crippen LogP contribution in [0.3, 0.4) is 0 Å². The van der Waals surface area contributed by atoms with Crippen molar-refractivity contribution in [1.82, 2.24) is 9.62 Å². The van der Waals surface area contributed by atoms with Gasteiger partial charge in [0.05, 0.1) is 22.5 Å². The third-order valence-electron chi connectivity index (χ3n) is 4.29. The van der Waals surface area contributed by atoms with Gasteiger partial charge in [-0.2, -0.15) is 4.31 Å². The SMILES string of the molecule is COc1ccc(S(=O)(=O)N2CCNC(=O)C[C@@H]2c2ccccc2)cc1Br. The highest BCUT2D eigenvalue weighted by molar-refractivity contribution is 9.10. The molecule has 2 aromatic carbocycles. The minimum atomic E-state index is -3.80. The van der Waals surface area contributed by atoms with Crippen molar-refractivity contribution in [2.75, 3.05) is 20.2 Å². The number of halogens is 1. The van der Waals surface area contributed by atoms with Gasteiger partial charge in [0, 0.05) is 19.5 Å². The Balaban J connectivity index is 2.05. The first-order valence-corrected chi connectivity index (χ1v) is 10.3. The normalized spacial score (nSPS) is 18.8. The van der Waals surface area contributed by atoms with Crippen molar-refractivity contribution in [2.45, 2.75) is 17.4 Å². The number of sulfonamides is 1. The van der Waals surface area contributed by atoms with Crippen LogP contribution in [-0.4, -0.2) is 38.8 Å². The lowest BCUT2D eigenvalue weighted by atomic mass is 10.0. The molecule has 1 heterocycles.